The highest BCUT2D eigenvalue weighted by Crippen LogP contribution is 2.41. The van der Waals surface area contributed by atoms with E-state index in [0.717, 1.165) is 11.6 Å². The summed E-state index contributed by atoms with van der Waals surface area (Å²) in [6.45, 7) is 0. The number of amides is 1. The topological polar surface area (TPSA) is 118 Å². The molecule has 0 aromatic heterocycles. The SMILES string of the molecule is COc1cc(C=C2C(=N)N3C(c4ccccc4)=CSC3=NC2=O)ccc1Oc1ccc(C(F)(F)F)cc1[N+](=O)[O-]. The zero-order chi connectivity index (χ0) is 28.6. The maximum Gasteiger partial charge on any atom is 0.416 e. The predicted molar refractivity (Wildman–Crippen MR) is 143 cm³/mol. The maximum absolute atomic E-state index is 13.0. The minimum atomic E-state index is -4.77. The highest BCUT2D eigenvalue weighted by molar-refractivity contribution is 8.17. The van der Waals surface area contributed by atoms with E-state index in [4.69, 9.17) is 14.9 Å². The van der Waals surface area contributed by atoms with Crippen LogP contribution in [0.3, 0.4) is 0 Å². The number of carbonyl (C=O) groups excluding carboxylic acids is 1. The Hall–Kier alpha value is -4.91. The largest absolute Gasteiger partial charge is 0.493 e. The zero-order valence-corrected chi connectivity index (χ0v) is 21.2. The lowest BCUT2D eigenvalue weighted by molar-refractivity contribution is -0.385. The van der Waals surface area contributed by atoms with Gasteiger partial charge in [-0.2, -0.15) is 18.2 Å². The van der Waals surface area contributed by atoms with Crippen molar-refractivity contribution in [1.82, 2.24) is 4.90 Å². The molecule has 0 atom stereocenters. The monoisotopic (exact) mass is 566 g/mol. The van der Waals surface area contributed by atoms with Crippen molar-refractivity contribution in [3.8, 4) is 17.2 Å². The molecule has 2 aliphatic heterocycles. The van der Waals surface area contributed by atoms with Gasteiger partial charge < -0.3 is 9.47 Å². The lowest BCUT2D eigenvalue weighted by Crippen LogP contribution is -2.38. The lowest BCUT2D eigenvalue weighted by Gasteiger charge is -2.27. The second kappa shape index (κ2) is 10.3. The van der Waals surface area contributed by atoms with Gasteiger partial charge in [0.05, 0.1) is 28.9 Å². The fourth-order valence-corrected chi connectivity index (χ4v) is 4.87. The molecule has 40 heavy (non-hydrogen) atoms. The third kappa shape index (κ3) is 5.06. The molecule has 3 aromatic carbocycles. The molecule has 0 unspecified atom stereocenters. The number of ether oxygens (including phenoxy) is 2. The molecule has 2 aliphatic rings. The summed E-state index contributed by atoms with van der Waals surface area (Å²) in [7, 11) is 1.31. The molecule has 0 saturated carbocycles. The number of fused-ring (bicyclic) bond motifs is 1. The molecule has 13 heteroatoms. The molecule has 9 nitrogen and oxygen atoms in total. The van der Waals surface area contributed by atoms with Crippen LogP contribution in [0.25, 0.3) is 11.8 Å². The third-order valence-electron chi connectivity index (χ3n) is 5.89. The number of halogens is 3. The number of nitro groups is 1. The van der Waals surface area contributed by atoms with Gasteiger partial charge in [0.1, 0.15) is 5.84 Å². The Morgan fingerprint density at radius 2 is 1.77 bits per heavy atom. The molecule has 3 aromatic rings. The van der Waals surface area contributed by atoms with Crippen LogP contribution in [-0.4, -0.2) is 33.8 Å². The average Bonchev–Trinajstić information content (AvgIpc) is 3.35. The quantitative estimate of drug-likeness (QED) is 0.200. The van der Waals surface area contributed by atoms with Crippen molar-refractivity contribution in [2.45, 2.75) is 6.18 Å². The molecule has 1 N–H and O–H groups in total. The van der Waals surface area contributed by atoms with Gasteiger partial charge in [-0.1, -0.05) is 48.2 Å². The van der Waals surface area contributed by atoms with Crippen molar-refractivity contribution in [2.75, 3.05) is 7.11 Å². The van der Waals surface area contributed by atoms with E-state index in [0.29, 0.717) is 28.6 Å². The van der Waals surface area contributed by atoms with Crippen molar-refractivity contribution in [2.24, 2.45) is 4.99 Å². The lowest BCUT2D eigenvalue weighted by atomic mass is 10.1. The molecule has 1 amide bonds. The van der Waals surface area contributed by atoms with Crippen molar-refractivity contribution >= 4 is 46.1 Å². The Labute approximate surface area is 228 Å². The van der Waals surface area contributed by atoms with Crippen LogP contribution in [0.5, 0.6) is 17.2 Å². The zero-order valence-electron chi connectivity index (χ0n) is 20.4. The molecule has 202 valence electrons. The Bertz CT molecular complexity index is 1650. The van der Waals surface area contributed by atoms with Crippen LogP contribution >= 0.6 is 11.8 Å². The molecule has 2 heterocycles. The van der Waals surface area contributed by atoms with Crippen molar-refractivity contribution in [3.63, 3.8) is 0 Å². The van der Waals surface area contributed by atoms with Gasteiger partial charge in [0.25, 0.3) is 5.91 Å². The molecule has 5 rings (SSSR count). The van der Waals surface area contributed by atoms with Gasteiger partial charge in [-0.05, 0) is 41.5 Å². The van der Waals surface area contributed by atoms with E-state index in [1.165, 1.54) is 43.1 Å². The Balaban J connectivity index is 1.45. The predicted octanol–water partition coefficient (Wildman–Crippen LogP) is 6.72. The van der Waals surface area contributed by atoms with Gasteiger partial charge in [-0.3, -0.25) is 25.2 Å². The van der Waals surface area contributed by atoms with Gasteiger partial charge in [0.2, 0.25) is 5.75 Å². The first-order chi connectivity index (χ1) is 19.1. The summed E-state index contributed by atoms with van der Waals surface area (Å²) in [4.78, 5) is 28.9. The number of nitrogens with zero attached hydrogens (tertiary/aromatic N) is 3. The van der Waals surface area contributed by atoms with Crippen LogP contribution in [0.2, 0.25) is 0 Å². The highest BCUT2D eigenvalue weighted by Gasteiger charge is 2.36. The first kappa shape index (κ1) is 26.7. The van der Waals surface area contributed by atoms with Gasteiger partial charge in [-0.15, -0.1) is 0 Å². The fraction of sp³-hybridized carbons (Fsp3) is 0.0741. The van der Waals surface area contributed by atoms with Crippen LogP contribution in [0, 0.1) is 15.5 Å². The Morgan fingerprint density at radius 1 is 1.05 bits per heavy atom. The molecule has 0 bridgehead atoms. The number of hydrogen-bond acceptors (Lipinski definition) is 7. The number of hydrogen-bond donors (Lipinski definition) is 1. The number of methoxy groups -OCH3 is 1. The summed E-state index contributed by atoms with van der Waals surface area (Å²) >= 11 is 1.24. The number of nitrogens with one attached hydrogen (secondary N) is 1. The fourth-order valence-electron chi connectivity index (χ4n) is 3.98. The number of aliphatic imine (C=N–C) groups is 1. The Morgan fingerprint density at radius 3 is 2.45 bits per heavy atom. The minimum Gasteiger partial charge on any atom is -0.493 e. The second-order valence-corrected chi connectivity index (χ2v) is 9.21. The van der Waals surface area contributed by atoms with Crippen LogP contribution < -0.4 is 9.47 Å². The number of nitro benzene ring substituents is 1. The molecule has 0 spiro atoms. The van der Waals surface area contributed by atoms with E-state index in [1.807, 2.05) is 35.7 Å². The van der Waals surface area contributed by atoms with Gasteiger partial charge in [-0.25, -0.2) is 0 Å². The Kier molecular flexibility index (Phi) is 6.90. The summed E-state index contributed by atoms with van der Waals surface area (Å²) in [6, 6.07) is 15.6. The number of alkyl halides is 3. The van der Waals surface area contributed by atoms with Crippen LogP contribution in [0.1, 0.15) is 16.7 Å². The summed E-state index contributed by atoms with van der Waals surface area (Å²) < 4.78 is 50.0. The van der Waals surface area contributed by atoms with E-state index >= 15 is 0 Å². The summed E-state index contributed by atoms with van der Waals surface area (Å²) in [5.74, 6) is -1.02. The molecule has 0 aliphatic carbocycles. The van der Waals surface area contributed by atoms with Crippen LogP contribution in [-0.2, 0) is 11.0 Å². The normalized spacial score (nSPS) is 16.0. The van der Waals surface area contributed by atoms with E-state index in [-0.39, 0.29) is 22.9 Å². The highest BCUT2D eigenvalue weighted by atomic mass is 32.2. The average molecular weight is 567 g/mol. The van der Waals surface area contributed by atoms with E-state index in [9.17, 15) is 28.1 Å². The first-order valence-corrected chi connectivity index (χ1v) is 12.3. The molecule has 0 radical (unpaired) electrons. The number of amidine groups is 2. The van der Waals surface area contributed by atoms with Crippen molar-refractivity contribution < 1.29 is 32.4 Å². The second-order valence-electron chi connectivity index (χ2n) is 8.38. The number of carbonyl (C=O) groups is 1. The van der Waals surface area contributed by atoms with Crippen LogP contribution in [0.15, 0.2) is 82.7 Å². The number of benzene rings is 3. The van der Waals surface area contributed by atoms with Gasteiger partial charge in [0.15, 0.2) is 16.7 Å². The molecular formula is C27H17F3N4O5S. The molecule has 0 saturated heterocycles. The van der Waals surface area contributed by atoms with Crippen LogP contribution in [0.4, 0.5) is 18.9 Å². The molecular weight excluding hydrogens is 549 g/mol. The summed E-state index contributed by atoms with van der Waals surface area (Å²) in [5, 5.41) is 22.4. The molecule has 0 fully saturated rings. The summed E-state index contributed by atoms with van der Waals surface area (Å²) in [6.07, 6.45) is -3.32. The van der Waals surface area contributed by atoms with Crippen molar-refractivity contribution in [1.29, 1.82) is 5.41 Å². The van der Waals surface area contributed by atoms with Gasteiger partial charge in [0, 0.05) is 11.5 Å². The van der Waals surface area contributed by atoms with E-state index in [2.05, 4.69) is 4.99 Å². The first-order valence-electron chi connectivity index (χ1n) is 11.4. The smallest absolute Gasteiger partial charge is 0.416 e. The van der Waals surface area contributed by atoms with Gasteiger partial charge >= 0.3 is 11.9 Å². The summed E-state index contributed by atoms with van der Waals surface area (Å²) in [5.41, 5.74) is -0.0696. The minimum absolute atomic E-state index is 0.0110. The van der Waals surface area contributed by atoms with E-state index < -0.39 is 34.0 Å². The number of thioether (sulfide) groups is 1. The maximum atomic E-state index is 13.0. The van der Waals surface area contributed by atoms with E-state index in [1.54, 1.807) is 4.90 Å². The third-order valence-corrected chi connectivity index (χ3v) is 6.71. The number of rotatable bonds is 6. The van der Waals surface area contributed by atoms with Crippen molar-refractivity contribution in [3.05, 3.63) is 105 Å². The standard InChI is InChI=1S/C27H17F3N4O5S/c1-38-23-12-15(7-9-22(23)39-21-10-8-17(27(28,29)30)13-19(21)34(36)37)11-18-24(31)33-20(16-5-3-2-4-6-16)14-40-26(33)32-25(18)35/h2-14,31H,1H3.